The fraction of sp³-hybridized carbons (Fsp3) is 0.300. The minimum Gasteiger partial charge on any atom is -0.497 e. The van der Waals surface area contributed by atoms with E-state index in [4.69, 9.17) is 9.47 Å². The molecule has 5 heteroatoms. The van der Waals surface area contributed by atoms with Crippen LogP contribution in [0.4, 0.5) is 0 Å². The zero-order valence-corrected chi connectivity index (χ0v) is 15.0. The molecule has 1 aromatic carbocycles. The molecule has 0 unspecified atom stereocenters. The molecule has 130 valence electrons. The van der Waals surface area contributed by atoms with Crippen LogP contribution in [0.1, 0.15) is 30.4 Å². The van der Waals surface area contributed by atoms with Gasteiger partial charge in [0.1, 0.15) is 11.7 Å². The molecule has 0 bridgehead atoms. The number of hydrogen-bond acceptors (Lipinski definition) is 5. The molecule has 0 fully saturated rings. The molecule has 4 nitrogen and oxygen atoms in total. The quantitative estimate of drug-likeness (QED) is 0.598. The molecule has 0 saturated carbocycles. The molecule has 25 heavy (non-hydrogen) atoms. The van der Waals surface area contributed by atoms with Gasteiger partial charge in [0.2, 0.25) is 0 Å². The van der Waals surface area contributed by atoms with Crippen molar-refractivity contribution in [3.8, 4) is 5.75 Å². The number of ketones is 1. The van der Waals surface area contributed by atoms with Gasteiger partial charge in [0.15, 0.2) is 5.78 Å². The molecule has 1 heterocycles. The normalized spacial score (nSPS) is 20.1. The van der Waals surface area contributed by atoms with Gasteiger partial charge in [0.25, 0.3) is 0 Å². The van der Waals surface area contributed by atoms with Crippen LogP contribution in [0.15, 0.2) is 47.2 Å². The lowest BCUT2D eigenvalue weighted by molar-refractivity contribution is -0.151. The molecule has 3 rings (SSSR count). The Labute approximate surface area is 151 Å². The van der Waals surface area contributed by atoms with Crippen LogP contribution in [-0.2, 0) is 14.3 Å². The summed E-state index contributed by atoms with van der Waals surface area (Å²) in [6, 6.07) is 9.61. The molecule has 0 amide bonds. The van der Waals surface area contributed by atoms with E-state index in [1.54, 1.807) is 31.4 Å². The summed E-state index contributed by atoms with van der Waals surface area (Å²) < 4.78 is 10.4. The summed E-state index contributed by atoms with van der Waals surface area (Å²) in [7, 11) is 1.62. The average Bonchev–Trinajstić information content (AvgIpc) is 3.15. The highest BCUT2D eigenvalue weighted by atomic mass is 32.1. The van der Waals surface area contributed by atoms with E-state index >= 15 is 0 Å². The number of methoxy groups -OCH3 is 1. The molecule has 0 spiro atoms. The van der Waals surface area contributed by atoms with Crippen molar-refractivity contribution in [2.24, 2.45) is 5.92 Å². The van der Waals surface area contributed by atoms with Crippen molar-refractivity contribution in [2.75, 3.05) is 13.7 Å². The lowest BCUT2D eigenvalue weighted by atomic mass is 9.74. The first-order chi connectivity index (χ1) is 12.1. The first-order valence-electron chi connectivity index (χ1n) is 8.21. The zero-order chi connectivity index (χ0) is 17.8. The smallest absolute Gasteiger partial charge is 0.317 e. The lowest BCUT2D eigenvalue weighted by Gasteiger charge is -2.28. The largest absolute Gasteiger partial charge is 0.497 e. The van der Waals surface area contributed by atoms with E-state index in [1.165, 1.54) is 0 Å². The fourth-order valence-electron chi connectivity index (χ4n) is 3.21. The third-order valence-electron chi connectivity index (χ3n) is 4.42. The van der Waals surface area contributed by atoms with E-state index < -0.39 is 11.9 Å². The maximum atomic E-state index is 12.7. The van der Waals surface area contributed by atoms with Gasteiger partial charge < -0.3 is 9.47 Å². The van der Waals surface area contributed by atoms with Gasteiger partial charge in [0, 0.05) is 5.92 Å². The minimum absolute atomic E-state index is 0.196. The Morgan fingerprint density at radius 2 is 2.16 bits per heavy atom. The van der Waals surface area contributed by atoms with Gasteiger partial charge in [-0.2, -0.15) is 11.3 Å². The Balaban J connectivity index is 1.99. The lowest BCUT2D eigenvalue weighted by Crippen LogP contribution is -2.33. The van der Waals surface area contributed by atoms with Gasteiger partial charge in [-0.3, -0.25) is 9.59 Å². The fourth-order valence-corrected chi connectivity index (χ4v) is 3.93. The minimum atomic E-state index is -0.774. The van der Waals surface area contributed by atoms with Crippen molar-refractivity contribution in [3.05, 3.63) is 58.3 Å². The second-order valence-corrected chi connectivity index (χ2v) is 6.68. The molecule has 2 aromatic rings. The highest BCUT2D eigenvalue weighted by Gasteiger charge is 2.39. The molecular formula is C20H20O4S. The summed E-state index contributed by atoms with van der Waals surface area (Å²) in [5, 5.41) is 3.96. The Bertz CT molecular complexity index is 792. The molecule has 2 atom stereocenters. The summed E-state index contributed by atoms with van der Waals surface area (Å²) in [5.41, 5.74) is 2.86. The molecule has 1 aliphatic rings. The van der Waals surface area contributed by atoms with Crippen molar-refractivity contribution >= 4 is 28.7 Å². The number of thiophene rings is 1. The average molecular weight is 356 g/mol. The van der Waals surface area contributed by atoms with E-state index in [1.807, 2.05) is 41.1 Å². The van der Waals surface area contributed by atoms with E-state index in [0.717, 1.165) is 22.4 Å². The molecule has 1 aromatic heterocycles. The highest BCUT2D eigenvalue weighted by Crippen LogP contribution is 2.41. The van der Waals surface area contributed by atoms with E-state index in [2.05, 4.69) is 0 Å². The summed E-state index contributed by atoms with van der Waals surface area (Å²) in [6.07, 6.45) is 2.19. The van der Waals surface area contributed by atoms with Crippen molar-refractivity contribution in [1.82, 2.24) is 0 Å². The first kappa shape index (κ1) is 17.4. The van der Waals surface area contributed by atoms with Crippen molar-refractivity contribution in [3.63, 3.8) is 0 Å². The van der Waals surface area contributed by atoms with Gasteiger partial charge in [-0.15, -0.1) is 0 Å². The number of carbonyl (C=O) groups is 2. The van der Waals surface area contributed by atoms with Crippen LogP contribution in [0, 0.1) is 5.92 Å². The molecule has 1 aliphatic carbocycles. The molecule has 0 N–H and O–H groups in total. The monoisotopic (exact) mass is 356 g/mol. The predicted molar refractivity (Wildman–Crippen MR) is 97.8 cm³/mol. The number of hydrogen-bond donors (Lipinski definition) is 0. The van der Waals surface area contributed by atoms with E-state index in [-0.39, 0.29) is 18.3 Å². The van der Waals surface area contributed by atoms with E-state index in [0.29, 0.717) is 6.42 Å². The van der Waals surface area contributed by atoms with Gasteiger partial charge in [-0.25, -0.2) is 0 Å². The van der Waals surface area contributed by atoms with Gasteiger partial charge in [-0.05, 0) is 65.1 Å². The first-order valence-corrected chi connectivity index (χ1v) is 9.16. The Morgan fingerprint density at radius 3 is 2.84 bits per heavy atom. The van der Waals surface area contributed by atoms with Gasteiger partial charge in [-0.1, -0.05) is 12.1 Å². The predicted octanol–water partition coefficient (Wildman–Crippen LogP) is 4.08. The topological polar surface area (TPSA) is 52.6 Å². The summed E-state index contributed by atoms with van der Waals surface area (Å²) in [5.74, 6) is -0.873. The maximum absolute atomic E-state index is 12.7. The van der Waals surface area contributed by atoms with Crippen LogP contribution in [0.3, 0.4) is 0 Å². The summed E-state index contributed by atoms with van der Waals surface area (Å²) in [4.78, 5) is 25.1. The number of esters is 1. The third-order valence-corrected chi connectivity index (χ3v) is 5.12. The van der Waals surface area contributed by atoms with E-state index in [9.17, 15) is 9.59 Å². The Kier molecular flexibility index (Phi) is 5.34. The highest BCUT2D eigenvalue weighted by molar-refractivity contribution is 7.08. The van der Waals surface area contributed by atoms with Crippen LogP contribution >= 0.6 is 11.3 Å². The molecule has 0 radical (unpaired) electrons. The zero-order valence-electron chi connectivity index (χ0n) is 14.2. The standard InChI is InChI=1S/C20H20O4S/c1-3-24-20(22)19-17(14-7-8-25-12-14)10-15(11-18(19)21)13-5-4-6-16(9-13)23-2/h4-9,11-12,17,19H,3,10H2,1-2H3/t17-,19+/m1/s1. The van der Waals surface area contributed by atoms with Crippen molar-refractivity contribution < 1.29 is 19.1 Å². The molecule has 0 aliphatic heterocycles. The Morgan fingerprint density at radius 1 is 1.32 bits per heavy atom. The van der Waals surface area contributed by atoms with Crippen LogP contribution < -0.4 is 4.74 Å². The second-order valence-electron chi connectivity index (χ2n) is 5.90. The number of allylic oxidation sites excluding steroid dienone is 2. The van der Waals surface area contributed by atoms with Crippen LogP contribution in [0.5, 0.6) is 5.75 Å². The van der Waals surface area contributed by atoms with Crippen LogP contribution in [0.25, 0.3) is 5.57 Å². The molecular weight excluding hydrogens is 336 g/mol. The van der Waals surface area contributed by atoms with Crippen LogP contribution in [0.2, 0.25) is 0 Å². The summed E-state index contributed by atoms with van der Waals surface area (Å²) >= 11 is 1.56. The Hall–Kier alpha value is -2.40. The van der Waals surface area contributed by atoms with Crippen LogP contribution in [-0.4, -0.2) is 25.5 Å². The third kappa shape index (κ3) is 3.66. The summed E-state index contributed by atoms with van der Waals surface area (Å²) in [6.45, 7) is 2.02. The molecule has 0 saturated heterocycles. The van der Waals surface area contributed by atoms with Crippen molar-refractivity contribution in [1.29, 1.82) is 0 Å². The van der Waals surface area contributed by atoms with Crippen molar-refractivity contribution in [2.45, 2.75) is 19.3 Å². The number of ether oxygens (including phenoxy) is 2. The second kappa shape index (κ2) is 7.66. The maximum Gasteiger partial charge on any atom is 0.317 e. The number of benzene rings is 1. The number of carbonyl (C=O) groups excluding carboxylic acids is 2. The van der Waals surface area contributed by atoms with Gasteiger partial charge in [0.05, 0.1) is 13.7 Å². The SMILES string of the molecule is CCOC(=O)[C@@H]1C(=O)C=C(c2cccc(OC)c2)C[C@@H]1c1ccsc1. The van der Waals surface area contributed by atoms with Gasteiger partial charge >= 0.3 is 5.97 Å². The number of rotatable bonds is 5.